The average Bonchev–Trinajstić information content (AvgIpc) is 2.61. The van der Waals surface area contributed by atoms with Crippen LogP contribution in [0.2, 0.25) is 0 Å². The molecule has 0 atom stereocenters. The molecule has 2 aromatic rings. The van der Waals surface area contributed by atoms with Gasteiger partial charge in [-0.1, -0.05) is 45.9 Å². The summed E-state index contributed by atoms with van der Waals surface area (Å²) in [6.45, 7) is 8.15. The van der Waals surface area contributed by atoms with Gasteiger partial charge in [-0.3, -0.25) is 9.59 Å². The van der Waals surface area contributed by atoms with Gasteiger partial charge in [0.25, 0.3) is 5.91 Å². The van der Waals surface area contributed by atoms with Crippen LogP contribution in [0.1, 0.15) is 50.0 Å². The number of carbonyl (C=O) groups is 2. The summed E-state index contributed by atoms with van der Waals surface area (Å²) < 4.78 is 0. The van der Waals surface area contributed by atoms with E-state index in [9.17, 15) is 9.59 Å². The average molecular weight is 384 g/mol. The van der Waals surface area contributed by atoms with Crippen molar-refractivity contribution in [2.45, 2.75) is 39.5 Å². The maximum Gasteiger partial charge on any atom is 0.255 e. The van der Waals surface area contributed by atoms with Gasteiger partial charge in [-0.15, -0.1) is 0 Å². The van der Waals surface area contributed by atoms with Crippen molar-refractivity contribution in [3.63, 3.8) is 0 Å². The molecule has 0 fully saturated rings. The van der Waals surface area contributed by atoms with Gasteiger partial charge in [0, 0.05) is 23.4 Å². The summed E-state index contributed by atoms with van der Waals surface area (Å²) in [4.78, 5) is 23.9. The minimum Gasteiger partial charge on any atom is -0.332 e. The van der Waals surface area contributed by atoms with E-state index in [1.165, 1.54) is 5.56 Å². The highest BCUT2D eigenvalue weighted by molar-refractivity contribution is 7.80. The molecule has 2 aromatic carbocycles. The lowest BCUT2D eigenvalue weighted by Crippen LogP contribution is -2.33. The number of amides is 2. The topological polar surface area (TPSA) is 70.2 Å². The van der Waals surface area contributed by atoms with Crippen LogP contribution >= 0.6 is 12.2 Å². The van der Waals surface area contributed by atoms with Crippen molar-refractivity contribution in [3.05, 3.63) is 59.7 Å². The van der Waals surface area contributed by atoms with Crippen LogP contribution in [0.4, 0.5) is 11.4 Å². The Hall–Kier alpha value is -2.73. The van der Waals surface area contributed by atoms with Gasteiger partial charge in [-0.2, -0.15) is 0 Å². The van der Waals surface area contributed by atoms with E-state index in [2.05, 4.69) is 36.7 Å². The lowest BCUT2D eigenvalue weighted by atomic mass is 9.87. The van der Waals surface area contributed by atoms with Crippen molar-refractivity contribution >= 4 is 40.5 Å². The lowest BCUT2D eigenvalue weighted by Gasteiger charge is -2.19. The van der Waals surface area contributed by atoms with Crippen LogP contribution in [0, 0.1) is 0 Å². The van der Waals surface area contributed by atoms with Crippen molar-refractivity contribution in [3.8, 4) is 0 Å². The number of rotatable bonds is 4. The molecule has 0 aromatic heterocycles. The third kappa shape index (κ3) is 6.18. The van der Waals surface area contributed by atoms with Crippen molar-refractivity contribution in [2.24, 2.45) is 0 Å². The van der Waals surface area contributed by atoms with E-state index in [0.717, 1.165) is 0 Å². The Morgan fingerprint density at radius 2 is 1.56 bits per heavy atom. The van der Waals surface area contributed by atoms with Crippen LogP contribution in [0.15, 0.2) is 48.5 Å². The Balaban J connectivity index is 2.04. The van der Waals surface area contributed by atoms with E-state index in [1.807, 2.05) is 24.3 Å². The molecule has 0 heterocycles. The molecule has 0 spiro atoms. The van der Waals surface area contributed by atoms with E-state index < -0.39 is 0 Å². The Kier molecular flexibility index (Phi) is 6.69. The minimum atomic E-state index is -0.186. The van der Waals surface area contributed by atoms with Crippen molar-refractivity contribution < 1.29 is 9.59 Å². The maximum atomic E-state index is 12.5. The predicted octanol–water partition coefficient (Wildman–Crippen LogP) is 4.46. The normalized spacial score (nSPS) is 10.8. The highest BCUT2D eigenvalue weighted by Crippen LogP contribution is 2.22. The first-order valence-electron chi connectivity index (χ1n) is 8.82. The van der Waals surface area contributed by atoms with Crippen molar-refractivity contribution in [1.29, 1.82) is 0 Å². The zero-order valence-electron chi connectivity index (χ0n) is 16.1. The molecule has 0 aliphatic rings. The maximum absolute atomic E-state index is 12.5. The highest BCUT2D eigenvalue weighted by Gasteiger charge is 2.14. The summed E-state index contributed by atoms with van der Waals surface area (Å²) in [5.41, 5.74) is 3.12. The first-order valence-corrected chi connectivity index (χ1v) is 9.22. The standard InChI is InChI=1S/C21H25N3O2S/c1-5-18(25)24-20(27)23-17-8-6-7-16(13-17)22-19(26)14-9-11-15(12-10-14)21(2,3)4/h6-13H,5H2,1-4H3,(H,22,26)(H2,23,24,25,27). The first kappa shape index (κ1) is 20.6. The van der Waals surface area contributed by atoms with Gasteiger partial charge in [-0.25, -0.2) is 0 Å². The zero-order valence-corrected chi connectivity index (χ0v) is 16.9. The second-order valence-corrected chi connectivity index (χ2v) is 7.63. The van der Waals surface area contributed by atoms with E-state index in [-0.39, 0.29) is 22.3 Å². The molecule has 0 radical (unpaired) electrons. The lowest BCUT2D eigenvalue weighted by molar-refractivity contribution is -0.119. The Morgan fingerprint density at radius 3 is 2.11 bits per heavy atom. The van der Waals surface area contributed by atoms with E-state index in [1.54, 1.807) is 31.2 Å². The third-order valence-electron chi connectivity index (χ3n) is 3.97. The van der Waals surface area contributed by atoms with Crippen LogP contribution in [0.5, 0.6) is 0 Å². The summed E-state index contributed by atoms with van der Waals surface area (Å²) >= 11 is 5.10. The Bertz CT molecular complexity index is 839. The number of nitrogens with one attached hydrogen (secondary N) is 3. The fourth-order valence-electron chi connectivity index (χ4n) is 2.38. The number of hydrogen-bond donors (Lipinski definition) is 3. The molecule has 0 aliphatic heterocycles. The van der Waals surface area contributed by atoms with Crippen molar-refractivity contribution in [2.75, 3.05) is 10.6 Å². The molecule has 2 rings (SSSR count). The van der Waals surface area contributed by atoms with Gasteiger partial charge in [-0.05, 0) is 53.5 Å². The molecule has 2 amide bonds. The van der Waals surface area contributed by atoms with E-state index in [4.69, 9.17) is 12.2 Å². The largest absolute Gasteiger partial charge is 0.332 e. The van der Waals surface area contributed by atoms with Crippen LogP contribution in [0.25, 0.3) is 0 Å². The second-order valence-electron chi connectivity index (χ2n) is 7.22. The summed E-state index contributed by atoms with van der Waals surface area (Å²) in [7, 11) is 0. The Morgan fingerprint density at radius 1 is 0.963 bits per heavy atom. The Labute approximate surface area is 165 Å². The number of hydrogen-bond acceptors (Lipinski definition) is 3. The fraction of sp³-hybridized carbons (Fsp3) is 0.286. The number of anilines is 2. The molecule has 0 bridgehead atoms. The molecule has 27 heavy (non-hydrogen) atoms. The molecule has 0 saturated heterocycles. The number of carbonyl (C=O) groups excluding carboxylic acids is 2. The smallest absolute Gasteiger partial charge is 0.255 e. The van der Waals surface area contributed by atoms with Gasteiger partial charge >= 0.3 is 0 Å². The van der Waals surface area contributed by atoms with Crippen LogP contribution < -0.4 is 16.0 Å². The summed E-state index contributed by atoms with van der Waals surface area (Å²) in [6.07, 6.45) is 0.353. The molecule has 0 unspecified atom stereocenters. The van der Waals surface area contributed by atoms with Gasteiger partial charge in [0.15, 0.2) is 5.11 Å². The molecular formula is C21H25N3O2S. The number of thiocarbonyl (C=S) groups is 1. The molecule has 142 valence electrons. The van der Waals surface area contributed by atoms with Crippen LogP contribution in [-0.4, -0.2) is 16.9 Å². The summed E-state index contributed by atoms with van der Waals surface area (Å²) in [5.74, 6) is -0.342. The molecule has 0 saturated carbocycles. The molecule has 5 nitrogen and oxygen atoms in total. The molecule has 6 heteroatoms. The predicted molar refractivity (Wildman–Crippen MR) is 114 cm³/mol. The first-order chi connectivity index (χ1) is 12.7. The van der Waals surface area contributed by atoms with Gasteiger partial charge in [0.2, 0.25) is 5.91 Å². The third-order valence-corrected chi connectivity index (χ3v) is 4.17. The van der Waals surface area contributed by atoms with Crippen LogP contribution in [-0.2, 0) is 10.2 Å². The van der Waals surface area contributed by atoms with Gasteiger partial charge < -0.3 is 16.0 Å². The highest BCUT2D eigenvalue weighted by atomic mass is 32.1. The van der Waals surface area contributed by atoms with Gasteiger partial charge in [0.1, 0.15) is 0 Å². The van der Waals surface area contributed by atoms with Gasteiger partial charge in [0.05, 0.1) is 0 Å². The quantitative estimate of drug-likeness (QED) is 0.682. The van der Waals surface area contributed by atoms with Crippen molar-refractivity contribution in [1.82, 2.24) is 5.32 Å². The van der Waals surface area contributed by atoms with E-state index in [0.29, 0.717) is 23.4 Å². The fourth-order valence-corrected chi connectivity index (χ4v) is 2.61. The molecule has 3 N–H and O–H groups in total. The van der Waals surface area contributed by atoms with E-state index >= 15 is 0 Å². The van der Waals surface area contributed by atoms with Crippen LogP contribution in [0.3, 0.4) is 0 Å². The summed E-state index contributed by atoms with van der Waals surface area (Å²) in [6, 6.07) is 14.7. The second kappa shape index (κ2) is 8.77. The minimum absolute atomic E-state index is 0.0423. The summed E-state index contributed by atoms with van der Waals surface area (Å²) in [5, 5.41) is 8.61. The number of benzene rings is 2. The molecule has 0 aliphatic carbocycles. The SMILES string of the molecule is CCC(=O)NC(=S)Nc1cccc(NC(=O)c2ccc(C(C)(C)C)cc2)c1. The zero-order chi connectivity index (χ0) is 20.0. The monoisotopic (exact) mass is 383 g/mol. The molecular weight excluding hydrogens is 358 g/mol.